The van der Waals surface area contributed by atoms with E-state index >= 15 is 0 Å². The van der Waals surface area contributed by atoms with Gasteiger partial charge in [0.2, 0.25) is 5.95 Å². The molecule has 0 aliphatic carbocycles. The molecular weight excluding hydrogens is 406 g/mol. The van der Waals surface area contributed by atoms with Crippen molar-refractivity contribution in [2.75, 3.05) is 64.7 Å². The SMILES string of the molecule is COc1ccc(-c2c(C)nc(NCC3CCOCC3)nc2N)cc1OCC1CCN(C)C1. The first-order valence-electron chi connectivity index (χ1n) is 11.5. The fourth-order valence-electron chi connectivity index (χ4n) is 4.53. The van der Waals surface area contributed by atoms with Crippen molar-refractivity contribution < 1.29 is 14.2 Å². The second-order valence-electron chi connectivity index (χ2n) is 8.92. The highest BCUT2D eigenvalue weighted by atomic mass is 16.5. The zero-order valence-electron chi connectivity index (χ0n) is 19.4. The number of methoxy groups -OCH3 is 1. The highest BCUT2D eigenvalue weighted by Gasteiger charge is 2.21. The monoisotopic (exact) mass is 441 g/mol. The van der Waals surface area contributed by atoms with E-state index in [4.69, 9.17) is 19.9 Å². The topological polar surface area (TPSA) is 94.8 Å². The van der Waals surface area contributed by atoms with Crippen molar-refractivity contribution in [3.05, 3.63) is 23.9 Å². The summed E-state index contributed by atoms with van der Waals surface area (Å²) in [4.78, 5) is 11.5. The molecule has 8 nitrogen and oxygen atoms in total. The third-order valence-corrected chi connectivity index (χ3v) is 6.42. The molecule has 8 heteroatoms. The molecule has 1 unspecified atom stereocenters. The van der Waals surface area contributed by atoms with Gasteiger partial charge < -0.3 is 30.2 Å². The van der Waals surface area contributed by atoms with E-state index in [0.29, 0.717) is 36.0 Å². The Kier molecular flexibility index (Phi) is 7.32. The summed E-state index contributed by atoms with van der Waals surface area (Å²) in [6.45, 7) is 7.30. The van der Waals surface area contributed by atoms with Gasteiger partial charge in [0.25, 0.3) is 0 Å². The molecule has 1 aromatic carbocycles. The quantitative estimate of drug-likeness (QED) is 0.645. The van der Waals surface area contributed by atoms with Crippen LogP contribution in [0.1, 0.15) is 25.0 Å². The van der Waals surface area contributed by atoms with Crippen LogP contribution in [0.5, 0.6) is 11.5 Å². The van der Waals surface area contributed by atoms with E-state index in [1.165, 1.54) is 0 Å². The number of aryl methyl sites for hydroxylation is 1. The molecule has 32 heavy (non-hydrogen) atoms. The Morgan fingerprint density at radius 1 is 1.16 bits per heavy atom. The molecule has 0 saturated carbocycles. The van der Waals surface area contributed by atoms with Crippen LogP contribution in [0.15, 0.2) is 18.2 Å². The van der Waals surface area contributed by atoms with E-state index in [1.54, 1.807) is 7.11 Å². The van der Waals surface area contributed by atoms with Crippen LogP contribution in [-0.4, -0.2) is 68.5 Å². The van der Waals surface area contributed by atoms with Crippen molar-refractivity contribution in [3.8, 4) is 22.6 Å². The third kappa shape index (κ3) is 5.42. The van der Waals surface area contributed by atoms with Crippen LogP contribution in [0, 0.1) is 18.8 Å². The molecule has 3 heterocycles. The minimum absolute atomic E-state index is 0.459. The average molecular weight is 442 g/mol. The number of benzene rings is 1. The maximum atomic E-state index is 6.38. The lowest BCUT2D eigenvalue weighted by Gasteiger charge is -2.22. The molecule has 2 saturated heterocycles. The zero-order valence-corrected chi connectivity index (χ0v) is 19.4. The lowest BCUT2D eigenvalue weighted by Crippen LogP contribution is -2.23. The number of nitrogens with one attached hydrogen (secondary N) is 1. The average Bonchev–Trinajstić information content (AvgIpc) is 3.22. The summed E-state index contributed by atoms with van der Waals surface area (Å²) < 4.78 is 17.1. The molecule has 0 bridgehead atoms. The molecule has 2 fully saturated rings. The Labute approximate surface area is 190 Å². The second kappa shape index (κ2) is 10.4. The normalized spacial score (nSPS) is 19.8. The summed E-state index contributed by atoms with van der Waals surface area (Å²) >= 11 is 0. The van der Waals surface area contributed by atoms with Gasteiger partial charge in [0, 0.05) is 37.8 Å². The van der Waals surface area contributed by atoms with Crippen molar-refractivity contribution in [2.45, 2.75) is 26.2 Å². The standard InChI is InChI=1S/C24H35N5O3/c1-16-22(23(25)28-24(27-16)26-13-17-7-10-31-11-8-17)19-4-5-20(30-3)21(12-19)32-15-18-6-9-29(2)14-18/h4-5,12,17-18H,6-11,13-15H2,1-3H3,(H3,25,26,27,28). The Hall–Kier alpha value is -2.58. The smallest absolute Gasteiger partial charge is 0.224 e. The van der Waals surface area contributed by atoms with Crippen LogP contribution in [0.4, 0.5) is 11.8 Å². The summed E-state index contributed by atoms with van der Waals surface area (Å²) in [6, 6.07) is 5.88. The molecule has 3 N–H and O–H groups in total. The number of hydrogen-bond donors (Lipinski definition) is 2. The van der Waals surface area contributed by atoms with Crippen LogP contribution in [0.25, 0.3) is 11.1 Å². The van der Waals surface area contributed by atoms with E-state index in [9.17, 15) is 0 Å². The fourth-order valence-corrected chi connectivity index (χ4v) is 4.53. The molecule has 4 rings (SSSR count). The van der Waals surface area contributed by atoms with Crippen molar-refractivity contribution in [2.24, 2.45) is 11.8 Å². The lowest BCUT2D eigenvalue weighted by atomic mass is 10.0. The Bertz CT molecular complexity index is 893. The first-order valence-corrected chi connectivity index (χ1v) is 11.5. The molecule has 0 amide bonds. The summed E-state index contributed by atoms with van der Waals surface area (Å²) in [6.07, 6.45) is 3.28. The second-order valence-corrected chi connectivity index (χ2v) is 8.92. The molecule has 2 aliphatic rings. The number of anilines is 2. The van der Waals surface area contributed by atoms with Crippen molar-refractivity contribution in [1.29, 1.82) is 0 Å². The Balaban J connectivity index is 1.49. The minimum Gasteiger partial charge on any atom is -0.493 e. The third-order valence-electron chi connectivity index (χ3n) is 6.42. The van der Waals surface area contributed by atoms with Gasteiger partial charge in [-0.05, 0) is 63.4 Å². The molecule has 0 radical (unpaired) electrons. The summed E-state index contributed by atoms with van der Waals surface area (Å²) in [7, 11) is 3.81. The van der Waals surface area contributed by atoms with E-state index in [2.05, 4.69) is 27.2 Å². The number of rotatable bonds is 8. The van der Waals surface area contributed by atoms with Gasteiger partial charge in [-0.3, -0.25) is 0 Å². The number of nitrogens with zero attached hydrogens (tertiary/aromatic N) is 3. The van der Waals surface area contributed by atoms with Gasteiger partial charge in [0.15, 0.2) is 11.5 Å². The summed E-state index contributed by atoms with van der Waals surface area (Å²) in [5.41, 5.74) is 8.97. The van der Waals surface area contributed by atoms with E-state index in [1.807, 2.05) is 25.1 Å². The van der Waals surface area contributed by atoms with Gasteiger partial charge in [0.1, 0.15) is 5.82 Å². The molecule has 2 aromatic rings. The molecular formula is C24H35N5O3. The highest BCUT2D eigenvalue weighted by Crippen LogP contribution is 2.36. The number of ether oxygens (including phenoxy) is 3. The predicted molar refractivity (Wildman–Crippen MR) is 126 cm³/mol. The highest BCUT2D eigenvalue weighted by molar-refractivity contribution is 5.78. The van der Waals surface area contributed by atoms with Crippen LogP contribution >= 0.6 is 0 Å². The van der Waals surface area contributed by atoms with E-state index < -0.39 is 0 Å². The van der Waals surface area contributed by atoms with Gasteiger partial charge in [-0.25, -0.2) is 4.98 Å². The first kappa shape index (κ1) is 22.6. The Morgan fingerprint density at radius 2 is 1.97 bits per heavy atom. The summed E-state index contributed by atoms with van der Waals surface area (Å²) in [5, 5.41) is 3.35. The van der Waals surface area contributed by atoms with Crippen molar-refractivity contribution in [3.63, 3.8) is 0 Å². The first-order chi connectivity index (χ1) is 15.5. The number of nitrogens with two attached hydrogens (primary N) is 1. The van der Waals surface area contributed by atoms with Crippen molar-refractivity contribution >= 4 is 11.8 Å². The zero-order chi connectivity index (χ0) is 22.5. The maximum absolute atomic E-state index is 6.38. The molecule has 174 valence electrons. The predicted octanol–water partition coefficient (Wildman–Crippen LogP) is 3.21. The summed E-state index contributed by atoms with van der Waals surface area (Å²) in [5.74, 6) is 3.58. The van der Waals surface area contributed by atoms with Crippen LogP contribution in [0.2, 0.25) is 0 Å². The van der Waals surface area contributed by atoms with Gasteiger partial charge in [-0.15, -0.1) is 0 Å². The molecule has 2 aliphatic heterocycles. The van der Waals surface area contributed by atoms with Gasteiger partial charge >= 0.3 is 0 Å². The van der Waals surface area contributed by atoms with Crippen LogP contribution in [0.3, 0.4) is 0 Å². The number of hydrogen-bond acceptors (Lipinski definition) is 8. The van der Waals surface area contributed by atoms with Crippen LogP contribution < -0.4 is 20.5 Å². The number of nitrogen functional groups attached to an aromatic ring is 1. The number of aromatic nitrogens is 2. The van der Waals surface area contributed by atoms with E-state index in [0.717, 1.165) is 74.7 Å². The number of likely N-dealkylation sites (tertiary alicyclic amines) is 1. The van der Waals surface area contributed by atoms with E-state index in [-0.39, 0.29) is 0 Å². The Morgan fingerprint density at radius 3 is 2.66 bits per heavy atom. The molecule has 1 aromatic heterocycles. The van der Waals surface area contributed by atoms with Gasteiger partial charge in [0.05, 0.1) is 19.4 Å². The van der Waals surface area contributed by atoms with Gasteiger partial charge in [-0.2, -0.15) is 4.98 Å². The van der Waals surface area contributed by atoms with Gasteiger partial charge in [-0.1, -0.05) is 6.07 Å². The maximum Gasteiger partial charge on any atom is 0.224 e. The molecule has 0 spiro atoms. The van der Waals surface area contributed by atoms with Crippen LogP contribution in [-0.2, 0) is 4.74 Å². The minimum atomic E-state index is 0.459. The molecule has 1 atom stereocenters. The largest absolute Gasteiger partial charge is 0.493 e. The fraction of sp³-hybridized carbons (Fsp3) is 0.583. The lowest BCUT2D eigenvalue weighted by molar-refractivity contribution is 0.0699. The van der Waals surface area contributed by atoms with Crippen molar-refractivity contribution in [1.82, 2.24) is 14.9 Å².